The minimum absolute atomic E-state index is 0.0645. The molecule has 8 nitrogen and oxygen atoms in total. The van der Waals surface area contributed by atoms with Gasteiger partial charge < -0.3 is 19.7 Å². The molecule has 33 heavy (non-hydrogen) atoms. The van der Waals surface area contributed by atoms with Crippen LogP contribution in [0.15, 0.2) is 60.8 Å². The molecule has 0 fully saturated rings. The van der Waals surface area contributed by atoms with Crippen LogP contribution in [0.3, 0.4) is 0 Å². The standard InChI is InChI=1S/C25H28N4O4/c1-3-32-25(31)23-19(16-29(27-23)15-18-9-5-4-6-10-18)13-14-26-20-17-33-22-12-8-7-11-21(22)28(2)24(20)30/h4-12,16,20,26H,3,13-15,17H2,1-2H3/t20-/m0/s1. The number of likely N-dealkylation sites (N-methyl/N-ethyl adjacent to an activating group) is 1. The molecule has 2 aromatic carbocycles. The lowest BCUT2D eigenvalue weighted by Gasteiger charge is -2.20. The summed E-state index contributed by atoms with van der Waals surface area (Å²) >= 11 is 0. The molecule has 1 amide bonds. The van der Waals surface area contributed by atoms with Gasteiger partial charge in [0.05, 0.1) is 18.8 Å². The van der Waals surface area contributed by atoms with Crippen LogP contribution in [0.4, 0.5) is 5.69 Å². The van der Waals surface area contributed by atoms with Crippen molar-refractivity contribution in [2.24, 2.45) is 0 Å². The van der Waals surface area contributed by atoms with Crippen LogP contribution >= 0.6 is 0 Å². The maximum absolute atomic E-state index is 12.9. The van der Waals surface area contributed by atoms with Gasteiger partial charge in [-0.15, -0.1) is 0 Å². The van der Waals surface area contributed by atoms with Gasteiger partial charge in [0.15, 0.2) is 5.69 Å². The van der Waals surface area contributed by atoms with Crippen molar-refractivity contribution in [2.75, 3.05) is 31.7 Å². The van der Waals surface area contributed by atoms with E-state index in [1.807, 2.05) is 60.8 Å². The van der Waals surface area contributed by atoms with Crippen molar-refractivity contribution >= 4 is 17.6 Å². The summed E-state index contributed by atoms with van der Waals surface area (Å²) in [5, 5.41) is 7.75. The number of anilines is 1. The molecule has 0 radical (unpaired) electrons. The summed E-state index contributed by atoms with van der Waals surface area (Å²) in [6.45, 7) is 3.32. The number of hydrogen-bond donors (Lipinski definition) is 1. The summed E-state index contributed by atoms with van der Waals surface area (Å²) in [5.41, 5.74) is 2.92. The SMILES string of the molecule is CCOC(=O)c1nn(Cc2ccccc2)cc1CCN[C@H]1COc2ccccc2N(C)C1=O. The summed E-state index contributed by atoms with van der Waals surface area (Å²) in [6.07, 6.45) is 2.39. The first-order valence-electron chi connectivity index (χ1n) is 11.1. The van der Waals surface area contributed by atoms with Crippen LogP contribution in [0.25, 0.3) is 0 Å². The third-order valence-electron chi connectivity index (χ3n) is 5.54. The van der Waals surface area contributed by atoms with E-state index in [0.717, 1.165) is 16.8 Å². The van der Waals surface area contributed by atoms with Crippen molar-refractivity contribution in [3.63, 3.8) is 0 Å². The number of fused-ring (bicyclic) bond motifs is 1. The maximum atomic E-state index is 12.9. The van der Waals surface area contributed by atoms with Crippen LogP contribution in [0, 0.1) is 0 Å². The number of para-hydroxylation sites is 2. The van der Waals surface area contributed by atoms with Crippen LogP contribution in [-0.2, 0) is 22.5 Å². The van der Waals surface area contributed by atoms with Gasteiger partial charge in [-0.05, 0) is 31.0 Å². The fourth-order valence-electron chi connectivity index (χ4n) is 3.85. The van der Waals surface area contributed by atoms with Crippen molar-refractivity contribution in [1.29, 1.82) is 0 Å². The lowest BCUT2D eigenvalue weighted by atomic mass is 10.1. The van der Waals surface area contributed by atoms with E-state index >= 15 is 0 Å². The topological polar surface area (TPSA) is 85.7 Å². The second-order valence-corrected chi connectivity index (χ2v) is 7.84. The summed E-state index contributed by atoms with van der Waals surface area (Å²) in [5.74, 6) is 0.179. The van der Waals surface area contributed by atoms with Gasteiger partial charge in [-0.1, -0.05) is 42.5 Å². The molecule has 0 saturated heterocycles. The highest BCUT2D eigenvalue weighted by molar-refractivity contribution is 5.98. The number of ether oxygens (including phenoxy) is 2. The lowest BCUT2D eigenvalue weighted by molar-refractivity contribution is -0.120. The van der Waals surface area contributed by atoms with Gasteiger partial charge >= 0.3 is 5.97 Å². The minimum Gasteiger partial charge on any atom is -0.489 e. The number of benzene rings is 2. The molecule has 2 heterocycles. The lowest BCUT2D eigenvalue weighted by Crippen LogP contribution is -2.47. The Bertz CT molecular complexity index is 1110. The molecule has 4 rings (SSSR count). The molecule has 1 aromatic heterocycles. The number of esters is 1. The molecule has 8 heteroatoms. The zero-order valence-corrected chi connectivity index (χ0v) is 18.9. The molecule has 0 saturated carbocycles. The van der Waals surface area contributed by atoms with E-state index in [9.17, 15) is 9.59 Å². The Balaban J connectivity index is 1.44. The maximum Gasteiger partial charge on any atom is 0.359 e. The Labute approximate surface area is 193 Å². The predicted octanol–water partition coefficient (Wildman–Crippen LogP) is 2.66. The third-order valence-corrected chi connectivity index (χ3v) is 5.54. The summed E-state index contributed by atoms with van der Waals surface area (Å²) < 4.78 is 12.8. The van der Waals surface area contributed by atoms with Crippen molar-refractivity contribution < 1.29 is 19.1 Å². The third kappa shape index (κ3) is 5.23. The first-order valence-corrected chi connectivity index (χ1v) is 11.1. The van der Waals surface area contributed by atoms with Crippen LogP contribution in [0.1, 0.15) is 28.5 Å². The number of aromatic nitrogens is 2. The fourth-order valence-corrected chi connectivity index (χ4v) is 3.85. The first kappa shape index (κ1) is 22.5. The minimum atomic E-state index is -0.493. The van der Waals surface area contributed by atoms with Gasteiger partial charge in [0.25, 0.3) is 0 Å². The van der Waals surface area contributed by atoms with Crippen molar-refractivity contribution in [1.82, 2.24) is 15.1 Å². The van der Waals surface area contributed by atoms with E-state index in [2.05, 4.69) is 10.4 Å². The van der Waals surface area contributed by atoms with E-state index in [1.54, 1.807) is 23.6 Å². The van der Waals surface area contributed by atoms with Crippen LogP contribution in [-0.4, -0.2) is 54.5 Å². The number of carbonyl (C=O) groups excluding carboxylic acids is 2. The molecule has 0 spiro atoms. The summed E-state index contributed by atoms with van der Waals surface area (Å²) in [6, 6.07) is 16.9. The van der Waals surface area contributed by atoms with Crippen LogP contribution in [0.2, 0.25) is 0 Å². The quantitative estimate of drug-likeness (QED) is 0.534. The van der Waals surface area contributed by atoms with Gasteiger partial charge in [-0.25, -0.2) is 4.79 Å². The Kier molecular flexibility index (Phi) is 7.04. The first-order chi connectivity index (χ1) is 16.1. The van der Waals surface area contributed by atoms with Crippen molar-refractivity contribution in [3.05, 3.63) is 77.6 Å². The molecular weight excluding hydrogens is 420 g/mol. The van der Waals surface area contributed by atoms with Gasteiger partial charge in [-0.3, -0.25) is 9.48 Å². The fraction of sp³-hybridized carbons (Fsp3) is 0.320. The second kappa shape index (κ2) is 10.3. The molecule has 3 aromatic rings. The monoisotopic (exact) mass is 448 g/mol. The van der Waals surface area contributed by atoms with Gasteiger partial charge in [0.1, 0.15) is 18.4 Å². The van der Waals surface area contributed by atoms with Gasteiger partial charge in [0.2, 0.25) is 5.91 Å². The Hall–Kier alpha value is -3.65. The molecular formula is C25H28N4O4. The number of carbonyl (C=O) groups is 2. The van der Waals surface area contributed by atoms with E-state index in [1.165, 1.54) is 0 Å². The van der Waals surface area contributed by atoms with Gasteiger partial charge in [0, 0.05) is 25.4 Å². The highest BCUT2D eigenvalue weighted by Gasteiger charge is 2.29. The average molecular weight is 449 g/mol. The van der Waals surface area contributed by atoms with E-state index in [-0.39, 0.29) is 19.1 Å². The molecule has 1 aliphatic heterocycles. The molecule has 1 aliphatic rings. The molecule has 0 bridgehead atoms. The Morgan fingerprint density at radius 1 is 1.18 bits per heavy atom. The van der Waals surface area contributed by atoms with Gasteiger partial charge in [-0.2, -0.15) is 5.10 Å². The number of rotatable bonds is 8. The van der Waals surface area contributed by atoms with Crippen molar-refractivity contribution in [3.8, 4) is 5.75 Å². The van der Waals surface area contributed by atoms with E-state index in [4.69, 9.17) is 9.47 Å². The highest BCUT2D eigenvalue weighted by Crippen LogP contribution is 2.29. The predicted molar refractivity (Wildman–Crippen MR) is 125 cm³/mol. The molecule has 0 aliphatic carbocycles. The number of hydrogen-bond acceptors (Lipinski definition) is 6. The Morgan fingerprint density at radius 3 is 2.73 bits per heavy atom. The molecule has 0 unspecified atom stereocenters. The Morgan fingerprint density at radius 2 is 1.94 bits per heavy atom. The number of amides is 1. The van der Waals surface area contributed by atoms with Crippen LogP contribution < -0.4 is 15.0 Å². The number of nitrogens with one attached hydrogen (secondary N) is 1. The average Bonchev–Trinajstić information content (AvgIpc) is 3.18. The molecule has 172 valence electrons. The van der Waals surface area contributed by atoms with E-state index in [0.29, 0.717) is 31.0 Å². The van der Waals surface area contributed by atoms with E-state index < -0.39 is 12.0 Å². The summed E-state index contributed by atoms with van der Waals surface area (Å²) in [4.78, 5) is 27.0. The highest BCUT2D eigenvalue weighted by atomic mass is 16.5. The molecule has 1 atom stereocenters. The smallest absolute Gasteiger partial charge is 0.359 e. The number of nitrogens with zero attached hydrogens (tertiary/aromatic N) is 3. The zero-order valence-electron chi connectivity index (χ0n) is 18.9. The second-order valence-electron chi connectivity index (χ2n) is 7.84. The molecule has 1 N–H and O–H groups in total. The van der Waals surface area contributed by atoms with Crippen molar-refractivity contribution in [2.45, 2.75) is 25.9 Å². The summed E-state index contributed by atoms with van der Waals surface area (Å²) in [7, 11) is 1.75. The van der Waals surface area contributed by atoms with Crippen LogP contribution in [0.5, 0.6) is 5.75 Å². The zero-order chi connectivity index (χ0) is 23.2. The largest absolute Gasteiger partial charge is 0.489 e. The normalized spacial score (nSPS) is 15.5.